The maximum Gasteiger partial charge on any atom is 0.242 e. The van der Waals surface area contributed by atoms with E-state index in [1.165, 1.54) is 17.0 Å². The zero-order chi connectivity index (χ0) is 13.3. The van der Waals surface area contributed by atoms with Crippen LogP contribution in [0.1, 0.15) is 5.82 Å². The van der Waals surface area contributed by atoms with E-state index in [0.717, 1.165) is 0 Å². The van der Waals surface area contributed by atoms with Crippen molar-refractivity contribution in [3.05, 3.63) is 29.8 Å². The van der Waals surface area contributed by atoms with Gasteiger partial charge in [0.25, 0.3) is 0 Å². The van der Waals surface area contributed by atoms with Gasteiger partial charge in [-0.05, 0) is 12.1 Å². The molecule has 0 bridgehead atoms. The van der Waals surface area contributed by atoms with Gasteiger partial charge in [-0.15, -0.1) is 11.6 Å². The van der Waals surface area contributed by atoms with Crippen molar-refractivity contribution in [3.8, 4) is 0 Å². The number of fused-ring (bicyclic) bond motifs is 1. The van der Waals surface area contributed by atoms with E-state index >= 15 is 0 Å². The Morgan fingerprint density at radius 3 is 2.83 bits per heavy atom. The molecule has 0 saturated carbocycles. The van der Waals surface area contributed by atoms with Crippen LogP contribution in [0.4, 0.5) is 4.39 Å². The standard InChI is InChI=1S/C12H13ClFN3O/c1-16(2)12(18)7-17-10-4-3-8(14)5-9(10)15-11(17)6-13/h3-5H,6-7H2,1-2H3. The third-order valence-corrected chi connectivity index (χ3v) is 2.94. The normalized spacial score (nSPS) is 10.9. The summed E-state index contributed by atoms with van der Waals surface area (Å²) < 4.78 is 14.8. The quantitative estimate of drug-likeness (QED) is 0.800. The average Bonchev–Trinajstić information content (AvgIpc) is 2.66. The summed E-state index contributed by atoms with van der Waals surface area (Å²) >= 11 is 5.80. The highest BCUT2D eigenvalue weighted by molar-refractivity contribution is 6.16. The number of carbonyl (C=O) groups excluding carboxylic acids is 1. The van der Waals surface area contributed by atoms with E-state index in [0.29, 0.717) is 16.9 Å². The molecule has 96 valence electrons. The first kappa shape index (κ1) is 12.8. The first-order valence-corrected chi connectivity index (χ1v) is 5.97. The molecular weight excluding hydrogens is 257 g/mol. The fourth-order valence-electron chi connectivity index (χ4n) is 1.71. The van der Waals surface area contributed by atoms with E-state index in [4.69, 9.17) is 11.6 Å². The van der Waals surface area contributed by atoms with E-state index in [9.17, 15) is 9.18 Å². The molecule has 0 unspecified atom stereocenters. The van der Waals surface area contributed by atoms with Crippen molar-refractivity contribution >= 4 is 28.5 Å². The lowest BCUT2D eigenvalue weighted by atomic mass is 10.3. The lowest BCUT2D eigenvalue weighted by molar-refractivity contribution is -0.129. The maximum absolute atomic E-state index is 13.1. The number of nitrogens with zero attached hydrogens (tertiary/aromatic N) is 3. The van der Waals surface area contributed by atoms with Crippen LogP contribution in [0.2, 0.25) is 0 Å². The monoisotopic (exact) mass is 269 g/mol. The molecular formula is C12H13ClFN3O. The molecule has 1 heterocycles. The molecule has 0 aliphatic heterocycles. The van der Waals surface area contributed by atoms with E-state index < -0.39 is 0 Å². The predicted molar refractivity (Wildman–Crippen MR) is 67.9 cm³/mol. The Labute approximate surface area is 109 Å². The molecule has 0 N–H and O–H groups in total. The van der Waals surface area contributed by atoms with Crippen molar-refractivity contribution in [2.45, 2.75) is 12.4 Å². The van der Waals surface area contributed by atoms with Crippen LogP contribution in [-0.4, -0.2) is 34.5 Å². The van der Waals surface area contributed by atoms with Crippen molar-refractivity contribution in [2.24, 2.45) is 0 Å². The number of alkyl halides is 1. The number of carbonyl (C=O) groups is 1. The molecule has 0 fully saturated rings. The Bertz CT molecular complexity index is 594. The number of imidazole rings is 1. The van der Waals surface area contributed by atoms with Crippen LogP contribution in [0.5, 0.6) is 0 Å². The molecule has 4 nitrogen and oxygen atoms in total. The van der Waals surface area contributed by atoms with E-state index in [-0.39, 0.29) is 24.1 Å². The zero-order valence-electron chi connectivity index (χ0n) is 10.2. The van der Waals surface area contributed by atoms with Gasteiger partial charge < -0.3 is 9.47 Å². The number of amides is 1. The Hall–Kier alpha value is -1.62. The molecule has 0 radical (unpaired) electrons. The van der Waals surface area contributed by atoms with Gasteiger partial charge in [0.2, 0.25) is 5.91 Å². The third-order valence-electron chi connectivity index (χ3n) is 2.70. The molecule has 0 atom stereocenters. The van der Waals surface area contributed by atoms with Gasteiger partial charge in [0.05, 0.1) is 16.9 Å². The second kappa shape index (κ2) is 4.94. The number of rotatable bonds is 3. The smallest absolute Gasteiger partial charge is 0.242 e. The van der Waals surface area contributed by atoms with Crippen LogP contribution in [0.15, 0.2) is 18.2 Å². The number of aromatic nitrogens is 2. The molecule has 0 aliphatic rings. The Balaban J connectivity index is 2.50. The number of hydrogen-bond donors (Lipinski definition) is 0. The molecule has 0 spiro atoms. The molecule has 0 saturated heterocycles. The maximum atomic E-state index is 13.1. The zero-order valence-corrected chi connectivity index (χ0v) is 10.9. The van der Waals surface area contributed by atoms with Crippen molar-refractivity contribution < 1.29 is 9.18 Å². The molecule has 1 aromatic carbocycles. The second-order valence-corrected chi connectivity index (χ2v) is 4.44. The van der Waals surface area contributed by atoms with Gasteiger partial charge in [-0.1, -0.05) is 0 Å². The Morgan fingerprint density at radius 1 is 1.50 bits per heavy atom. The van der Waals surface area contributed by atoms with Gasteiger partial charge in [-0.3, -0.25) is 4.79 Å². The summed E-state index contributed by atoms with van der Waals surface area (Å²) in [6.07, 6.45) is 0. The molecule has 2 aromatic rings. The summed E-state index contributed by atoms with van der Waals surface area (Å²) in [6.45, 7) is 0.150. The van der Waals surface area contributed by atoms with Gasteiger partial charge in [0.1, 0.15) is 18.2 Å². The summed E-state index contributed by atoms with van der Waals surface area (Å²) in [5.41, 5.74) is 1.22. The largest absolute Gasteiger partial charge is 0.347 e. The van der Waals surface area contributed by atoms with Gasteiger partial charge >= 0.3 is 0 Å². The minimum Gasteiger partial charge on any atom is -0.347 e. The first-order valence-electron chi connectivity index (χ1n) is 5.43. The fourth-order valence-corrected chi connectivity index (χ4v) is 1.91. The van der Waals surface area contributed by atoms with Crippen LogP contribution < -0.4 is 0 Å². The number of halogens is 2. The molecule has 1 amide bonds. The number of hydrogen-bond acceptors (Lipinski definition) is 2. The van der Waals surface area contributed by atoms with Crippen LogP contribution in [0.3, 0.4) is 0 Å². The lowest BCUT2D eigenvalue weighted by Crippen LogP contribution is -2.26. The molecule has 1 aromatic heterocycles. The van der Waals surface area contributed by atoms with E-state index in [1.807, 2.05) is 0 Å². The number of benzene rings is 1. The van der Waals surface area contributed by atoms with Crippen LogP contribution >= 0.6 is 11.6 Å². The Kier molecular flexibility index (Phi) is 3.52. The summed E-state index contributed by atoms with van der Waals surface area (Å²) in [7, 11) is 3.36. The summed E-state index contributed by atoms with van der Waals surface area (Å²) in [5.74, 6) is 0.321. The first-order chi connectivity index (χ1) is 8.52. The van der Waals surface area contributed by atoms with Crippen molar-refractivity contribution in [2.75, 3.05) is 14.1 Å². The van der Waals surface area contributed by atoms with Crippen molar-refractivity contribution in [3.63, 3.8) is 0 Å². The average molecular weight is 270 g/mol. The SMILES string of the molecule is CN(C)C(=O)Cn1c(CCl)nc2cc(F)ccc21. The lowest BCUT2D eigenvalue weighted by Gasteiger charge is -2.12. The van der Waals surface area contributed by atoms with Crippen LogP contribution in [0, 0.1) is 5.82 Å². The fraction of sp³-hybridized carbons (Fsp3) is 0.333. The molecule has 18 heavy (non-hydrogen) atoms. The minimum absolute atomic E-state index is 0.0648. The number of likely N-dealkylation sites (N-methyl/N-ethyl adjacent to an activating group) is 1. The highest BCUT2D eigenvalue weighted by Gasteiger charge is 2.14. The third kappa shape index (κ3) is 2.31. The summed E-state index contributed by atoms with van der Waals surface area (Å²) in [6, 6.07) is 4.29. The van der Waals surface area contributed by atoms with Crippen LogP contribution in [-0.2, 0) is 17.2 Å². The summed E-state index contributed by atoms with van der Waals surface area (Å²) in [4.78, 5) is 17.5. The van der Waals surface area contributed by atoms with Gasteiger partial charge in [0.15, 0.2) is 0 Å². The predicted octanol–water partition coefficient (Wildman–Crippen LogP) is 2.00. The Morgan fingerprint density at radius 2 is 2.22 bits per heavy atom. The summed E-state index contributed by atoms with van der Waals surface area (Å²) in [5, 5.41) is 0. The topological polar surface area (TPSA) is 38.1 Å². The van der Waals surface area contributed by atoms with Gasteiger partial charge in [-0.2, -0.15) is 0 Å². The minimum atomic E-state index is -0.354. The van der Waals surface area contributed by atoms with E-state index in [1.54, 1.807) is 24.7 Å². The second-order valence-electron chi connectivity index (χ2n) is 4.17. The highest BCUT2D eigenvalue weighted by Crippen LogP contribution is 2.18. The van der Waals surface area contributed by atoms with E-state index in [2.05, 4.69) is 4.98 Å². The highest BCUT2D eigenvalue weighted by atomic mass is 35.5. The molecule has 0 aliphatic carbocycles. The molecule has 6 heteroatoms. The van der Waals surface area contributed by atoms with Crippen LogP contribution in [0.25, 0.3) is 11.0 Å². The van der Waals surface area contributed by atoms with Gasteiger partial charge in [-0.25, -0.2) is 9.37 Å². The van der Waals surface area contributed by atoms with Crippen molar-refractivity contribution in [1.29, 1.82) is 0 Å². The van der Waals surface area contributed by atoms with Crippen molar-refractivity contribution in [1.82, 2.24) is 14.5 Å². The molecule has 2 rings (SSSR count). The van der Waals surface area contributed by atoms with Gasteiger partial charge in [0, 0.05) is 20.2 Å².